The average Bonchev–Trinajstić information content (AvgIpc) is 3.16. The number of nitrogens with one attached hydrogen (secondary N) is 1. The minimum atomic E-state index is 0.171. The van der Waals surface area contributed by atoms with Crippen molar-refractivity contribution < 1.29 is 0 Å². The van der Waals surface area contributed by atoms with Gasteiger partial charge in [-0.1, -0.05) is 13.0 Å². The van der Waals surface area contributed by atoms with E-state index in [0.29, 0.717) is 11.9 Å². The highest BCUT2D eigenvalue weighted by atomic mass is 15.3. The third-order valence-corrected chi connectivity index (χ3v) is 5.39. The van der Waals surface area contributed by atoms with Crippen LogP contribution in [0.25, 0.3) is 16.9 Å². The van der Waals surface area contributed by atoms with Gasteiger partial charge in [-0.2, -0.15) is 9.61 Å². The first-order valence-corrected chi connectivity index (χ1v) is 10.1. The fraction of sp³-hybridized carbons (Fsp3) is 0.273. The maximum absolute atomic E-state index is 6.28. The molecule has 8 heteroatoms. The van der Waals surface area contributed by atoms with E-state index in [2.05, 4.69) is 32.1 Å². The van der Waals surface area contributed by atoms with Crippen LogP contribution in [-0.2, 0) is 0 Å². The largest absolute Gasteiger partial charge is 0.368 e. The van der Waals surface area contributed by atoms with Gasteiger partial charge < -0.3 is 16.0 Å². The Labute approximate surface area is 174 Å². The van der Waals surface area contributed by atoms with Crippen LogP contribution in [0, 0.1) is 5.92 Å². The molecule has 1 aliphatic heterocycles. The van der Waals surface area contributed by atoms with Gasteiger partial charge in [-0.3, -0.25) is 9.97 Å². The van der Waals surface area contributed by atoms with Gasteiger partial charge in [-0.05, 0) is 42.7 Å². The number of hydrogen-bond acceptors (Lipinski definition) is 7. The smallest absolute Gasteiger partial charge is 0.229 e. The van der Waals surface area contributed by atoms with Gasteiger partial charge in [0.05, 0.1) is 35.0 Å². The Balaban J connectivity index is 1.49. The highest BCUT2D eigenvalue weighted by Crippen LogP contribution is 2.31. The Bertz CT molecular complexity index is 1150. The number of fused-ring (bicyclic) bond motifs is 1. The SMILES string of the molecule is C[C@@H]1C[C@H](N)CN(c2ccncc2Nc2ncc3ccc(-c4ccccn4)nn23)C1. The molecule has 0 aliphatic carbocycles. The lowest BCUT2D eigenvalue weighted by molar-refractivity contribution is 0.402. The standard InChI is InChI=1S/C22H24N8/c1-15-10-16(23)14-29(13-15)21-7-9-24-12-20(21)27-22-26-11-17-5-6-19(28-30(17)22)18-4-2-3-8-25-18/h2-9,11-12,15-16H,10,13-14,23H2,1H3,(H,26,27)/t15-,16+/m1/s1. The van der Waals surface area contributed by atoms with E-state index in [-0.39, 0.29) is 6.04 Å². The summed E-state index contributed by atoms with van der Waals surface area (Å²) < 4.78 is 1.80. The maximum atomic E-state index is 6.28. The van der Waals surface area contributed by atoms with Gasteiger partial charge >= 0.3 is 0 Å². The van der Waals surface area contributed by atoms with Crippen molar-refractivity contribution in [2.24, 2.45) is 11.7 Å². The summed E-state index contributed by atoms with van der Waals surface area (Å²) in [7, 11) is 0. The van der Waals surface area contributed by atoms with Crippen LogP contribution in [0.2, 0.25) is 0 Å². The molecule has 0 unspecified atom stereocenters. The first-order chi connectivity index (χ1) is 14.7. The molecule has 1 aliphatic rings. The highest BCUT2D eigenvalue weighted by molar-refractivity contribution is 5.73. The van der Waals surface area contributed by atoms with Crippen molar-refractivity contribution in [3.63, 3.8) is 0 Å². The molecule has 3 N–H and O–H groups in total. The molecule has 5 rings (SSSR count). The summed E-state index contributed by atoms with van der Waals surface area (Å²) in [4.78, 5) is 15.6. The zero-order valence-electron chi connectivity index (χ0n) is 16.8. The number of piperidine rings is 1. The van der Waals surface area contributed by atoms with Crippen molar-refractivity contribution >= 4 is 22.8 Å². The van der Waals surface area contributed by atoms with Gasteiger partial charge in [0.25, 0.3) is 0 Å². The lowest BCUT2D eigenvalue weighted by Crippen LogP contribution is -2.46. The number of rotatable bonds is 4. The van der Waals surface area contributed by atoms with Gasteiger partial charge in [0, 0.05) is 31.5 Å². The van der Waals surface area contributed by atoms with E-state index in [4.69, 9.17) is 10.8 Å². The Morgan fingerprint density at radius 2 is 1.93 bits per heavy atom. The summed E-state index contributed by atoms with van der Waals surface area (Å²) in [6, 6.07) is 11.9. The zero-order valence-corrected chi connectivity index (χ0v) is 16.8. The Kier molecular flexibility index (Phi) is 4.76. The van der Waals surface area contributed by atoms with Gasteiger partial charge in [0.1, 0.15) is 5.69 Å². The molecule has 30 heavy (non-hydrogen) atoms. The maximum Gasteiger partial charge on any atom is 0.229 e. The zero-order chi connectivity index (χ0) is 20.5. The van der Waals surface area contributed by atoms with Crippen molar-refractivity contribution in [2.75, 3.05) is 23.3 Å². The lowest BCUT2D eigenvalue weighted by Gasteiger charge is -2.37. The normalized spacial score (nSPS) is 19.2. The predicted molar refractivity (Wildman–Crippen MR) is 118 cm³/mol. The lowest BCUT2D eigenvalue weighted by atomic mass is 9.96. The molecule has 0 amide bonds. The van der Waals surface area contributed by atoms with E-state index in [0.717, 1.165) is 47.8 Å². The minimum absolute atomic E-state index is 0.171. The Morgan fingerprint density at radius 3 is 2.77 bits per heavy atom. The molecule has 2 atom stereocenters. The molecule has 4 aromatic heterocycles. The monoisotopic (exact) mass is 400 g/mol. The van der Waals surface area contributed by atoms with Crippen LogP contribution in [0.3, 0.4) is 0 Å². The van der Waals surface area contributed by atoms with Gasteiger partial charge in [0.15, 0.2) is 0 Å². The van der Waals surface area contributed by atoms with Crippen molar-refractivity contribution in [1.82, 2.24) is 24.6 Å². The highest BCUT2D eigenvalue weighted by Gasteiger charge is 2.24. The Hall–Kier alpha value is -3.52. The molecular weight excluding hydrogens is 376 g/mol. The van der Waals surface area contributed by atoms with Crippen molar-refractivity contribution in [3.8, 4) is 11.4 Å². The summed E-state index contributed by atoms with van der Waals surface area (Å²) in [6.07, 6.45) is 8.25. The molecule has 4 aromatic rings. The van der Waals surface area contributed by atoms with Gasteiger partial charge in [-0.15, -0.1) is 0 Å². The van der Waals surface area contributed by atoms with Crippen LogP contribution in [0.5, 0.6) is 0 Å². The van der Waals surface area contributed by atoms with Crippen molar-refractivity contribution in [1.29, 1.82) is 0 Å². The van der Waals surface area contributed by atoms with Crippen molar-refractivity contribution in [2.45, 2.75) is 19.4 Å². The summed E-state index contributed by atoms with van der Waals surface area (Å²) in [6.45, 7) is 4.04. The summed E-state index contributed by atoms with van der Waals surface area (Å²) in [5.74, 6) is 1.18. The molecule has 0 radical (unpaired) electrons. The van der Waals surface area contributed by atoms with E-state index >= 15 is 0 Å². The summed E-state index contributed by atoms with van der Waals surface area (Å²) >= 11 is 0. The third kappa shape index (κ3) is 3.57. The Morgan fingerprint density at radius 1 is 1.00 bits per heavy atom. The van der Waals surface area contributed by atoms with Gasteiger partial charge in [-0.25, -0.2) is 4.98 Å². The molecule has 152 valence electrons. The van der Waals surface area contributed by atoms with E-state index in [1.807, 2.05) is 48.8 Å². The van der Waals surface area contributed by atoms with Crippen LogP contribution in [0.15, 0.2) is 61.2 Å². The van der Waals surface area contributed by atoms with E-state index < -0.39 is 0 Å². The molecule has 8 nitrogen and oxygen atoms in total. The number of nitrogens with two attached hydrogens (primary N) is 1. The fourth-order valence-electron chi connectivity index (χ4n) is 4.10. The van der Waals surface area contributed by atoms with Crippen molar-refractivity contribution in [3.05, 3.63) is 61.2 Å². The quantitative estimate of drug-likeness (QED) is 0.543. The number of pyridine rings is 2. The second-order valence-corrected chi connectivity index (χ2v) is 7.88. The van der Waals surface area contributed by atoms with Gasteiger partial charge in [0.2, 0.25) is 5.95 Å². The first kappa shape index (κ1) is 18.5. The number of imidazole rings is 1. The van der Waals surface area contributed by atoms with E-state index in [1.54, 1.807) is 16.9 Å². The number of hydrogen-bond donors (Lipinski definition) is 2. The van der Waals surface area contributed by atoms with Crippen LogP contribution >= 0.6 is 0 Å². The topological polar surface area (TPSA) is 97.3 Å². The molecule has 0 saturated carbocycles. The van der Waals surface area contributed by atoms with Crippen LogP contribution in [0.4, 0.5) is 17.3 Å². The van der Waals surface area contributed by atoms with Crippen LogP contribution in [-0.4, -0.2) is 43.7 Å². The molecule has 1 fully saturated rings. The molecule has 0 aromatic carbocycles. The van der Waals surface area contributed by atoms with Crippen LogP contribution in [0.1, 0.15) is 13.3 Å². The minimum Gasteiger partial charge on any atom is -0.368 e. The number of anilines is 3. The molecule has 5 heterocycles. The fourth-order valence-corrected chi connectivity index (χ4v) is 4.10. The summed E-state index contributed by atoms with van der Waals surface area (Å²) in [5, 5.41) is 8.17. The predicted octanol–water partition coefficient (Wildman–Crippen LogP) is 3.10. The summed E-state index contributed by atoms with van der Waals surface area (Å²) in [5.41, 5.74) is 10.7. The average molecular weight is 400 g/mol. The second kappa shape index (κ2) is 7.72. The number of aromatic nitrogens is 5. The molecular formula is C22H24N8. The molecule has 0 bridgehead atoms. The molecule has 1 saturated heterocycles. The third-order valence-electron chi connectivity index (χ3n) is 5.39. The van der Waals surface area contributed by atoms with Crippen LogP contribution < -0.4 is 16.0 Å². The van der Waals surface area contributed by atoms with E-state index in [1.165, 1.54) is 0 Å². The first-order valence-electron chi connectivity index (χ1n) is 10.1. The number of nitrogens with zero attached hydrogens (tertiary/aromatic N) is 6. The van der Waals surface area contributed by atoms with E-state index in [9.17, 15) is 0 Å². The second-order valence-electron chi connectivity index (χ2n) is 7.88. The molecule has 0 spiro atoms.